The van der Waals surface area contributed by atoms with Crippen LogP contribution in [0.15, 0.2) is 47.8 Å². The number of nitrogens with zero attached hydrogens (tertiary/aromatic N) is 3. The van der Waals surface area contributed by atoms with Crippen LogP contribution in [0.4, 0.5) is 5.95 Å². The molecule has 3 aromatic rings. The van der Waals surface area contributed by atoms with Crippen LogP contribution in [-0.4, -0.2) is 20.2 Å². The Morgan fingerprint density at radius 3 is 3.15 bits per heavy atom. The lowest BCUT2D eigenvalue weighted by Crippen LogP contribution is -2.18. The fourth-order valence-electron chi connectivity index (χ4n) is 2.78. The Morgan fingerprint density at radius 2 is 2.25 bits per heavy atom. The number of rotatable bonds is 2. The lowest BCUT2D eigenvalue weighted by molar-refractivity contribution is 0.648. The summed E-state index contributed by atoms with van der Waals surface area (Å²) in [6.07, 6.45) is 5.59. The van der Waals surface area contributed by atoms with Crippen molar-refractivity contribution in [2.75, 3.05) is 5.43 Å². The quantitative estimate of drug-likeness (QED) is 0.700. The second kappa shape index (κ2) is 4.52. The van der Waals surface area contributed by atoms with E-state index in [1.54, 1.807) is 12.4 Å². The number of aromatic amines is 1. The number of H-pyrrole nitrogens is 1. The maximum atomic E-state index is 4.51. The molecule has 20 heavy (non-hydrogen) atoms. The highest BCUT2D eigenvalue weighted by molar-refractivity contribution is 6.04. The molecule has 0 aliphatic carbocycles. The number of fused-ring (bicyclic) bond motifs is 3. The van der Waals surface area contributed by atoms with Crippen molar-refractivity contribution < 1.29 is 0 Å². The highest BCUT2D eigenvalue weighted by atomic mass is 15.4. The molecular formula is C15H15N5. The van der Waals surface area contributed by atoms with Gasteiger partial charge in [0.05, 0.1) is 11.4 Å². The molecule has 1 aliphatic heterocycles. The molecule has 4 rings (SSSR count). The van der Waals surface area contributed by atoms with E-state index >= 15 is 0 Å². The van der Waals surface area contributed by atoms with E-state index in [9.17, 15) is 0 Å². The lowest BCUT2D eigenvalue weighted by Gasteiger charge is -2.18. The standard InChI is InChI=1S/C15H15N5/c1-2-6-13-11(4-1)10-14-12(5-3-9-20(13)14)18-19-15-16-7-8-17-15/h1-2,4,6-8,10H,3,5,9H2,(H2,16,17,19)/b18-12+. The summed E-state index contributed by atoms with van der Waals surface area (Å²) in [4.78, 5) is 7.11. The number of imidazole rings is 1. The van der Waals surface area contributed by atoms with Crippen LogP contribution in [-0.2, 0) is 6.54 Å². The van der Waals surface area contributed by atoms with Gasteiger partial charge < -0.3 is 9.55 Å². The molecule has 1 aliphatic rings. The van der Waals surface area contributed by atoms with Gasteiger partial charge in [0.1, 0.15) is 0 Å². The van der Waals surface area contributed by atoms with Crippen molar-refractivity contribution in [2.24, 2.45) is 5.10 Å². The summed E-state index contributed by atoms with van der Waals surface area (Å²) in [5, 5.41) is 5.79. The normalized spacial score (nSPS) is 16.5. The van der Waals surface area contributed by atoms with E-state index in [0.717, 1.165) is 25.1 Å². The van der Waals surface area contributed by atoms with Crippen molar-refractivity contribution in [1.29, 1.82) is 0 Å². The zero-order valence-corrected chi connectivity index (χ0v) is 11.0. The second-order valence-corrected chi connectivity index (χ2v) is 4.95. The molecule has 100 valence electrons. The number of anilines is 1. The molecule has 5 heteroatoms. The number of para-hydroxylation sites is 1. The van der Waals surface area contributed by atoms with Crippen LogP contribution in [0.5, 0.6) is 0 Å². The highest BCUT2D eigenvalue weighted by Crippen LogP contribution is 2.25. The average molecular weight is 265 g/mol. The van der Waals surface area contributed by atoms with Crippen LogP contribution in [0.1, 0.15) is 18.5 Å². The number of hydrogen-bond donors (Lipinski definition) is 2. The zero-order chi connectivity index (χ0) is 13.4. The highest BCUT2D eigenvalue weighted by Gasteiger charge is 2.18. The number of hydrogen-bond acceptors (Lipinski definition) is 3. The third kappa shape index (κ3) is 1.79. The van der Waals surface area contributed by atoms with Gasteiger partial charge in [-0.1, -0.05) is 18.2 Å². The van der Waals surface area contributed by atoms with Gasteiger partial charge in [-0.2, -0.15) is 5.10 Å². The van der Waals surface area contributed by atoms with Crippen molar-refractivity contribution in [3.63, 3.8) is 0 Å². The van der Waals surface area contributed by atoms with Crippen molar-refractivity contribution in [2.45, 2.75) is 19.4 Å². The molecule has 0 amide bonds. The first kappa shape index (κ1) is 11.3. The van der Waals surface area contributed by atoms with Gasteiger partial charge in [0.2, 0.25) is 5.95 Å². The molecule has 0 spiro atoms. The minimum absolute atomic E-state index is 0.672. The number of benzene rings is 1. The van der Waals surface area contributed by atoms with E-state index in [1.807, 2.05) is 0 Å². The molecular weight excluding hydrogens is 250 g/mol. The Morgan fingerprint density at radius 1 is 1.30 bits per heavy atom. The first-order valence-corrected chi connectivity index (χ1v) is 6.82. The molecule has 0 unspecified atom stereocenters. The molecule has 0 radical (unpaired) electrons. The SMILES string of the molecule is c1ccc2c(c1)cc1n2CCC/C1=N\Nc1ncc[nH]1. The summed E-state index contributed by atoms with van der Waals surface area (Å²) in [7, 11) is 0. The maximum Gasteiger partial charge on any atom is 0.220 e. The van der Waals surface area contributed by atoms with E-state index in [4.69, 9.17) is 0 Å². The van der Waals surface area contributed by atoms with Gasteiger partial charge in [-0.3, -0.25) is 0 Å². The van der Waals surface area contributed by atoms with Crippen LogP contribution in [0.3, 0.4) is 0 Å². The van der Waals surface area contributed by atoms with E-state index in [1.165, 1.54) is 16.6 Å². The minimum atomic E-state index is 0.672. The summed E-state index contributed by atoms with van der Waals surface area (Å²) in [6, 6.07) is 10.7. The molecule has 3 heterocycles. The Balaban J connectivity index is 1.76. The largest absolute Gasteiger partial charge is 0.339 e. The van der Waals surface area contributed by atoms with Crippen molar-refractivity contribution in [3.8, 4) is 0 Å². The van der Waals surface area contributed by atoms with Crippen LogP contribution in [0, 0.1) is 0 Å². The van der Waals surface area contributed by atoms with Crippen molar-refractivity contribution in [3.05, 3.63) is 48.4 Å². The molecule has 5 nitrogen and oxygen atoms in total. The summed E-state index contributed by atoms with van der Waals surface area (Å²) in [5.41, 5.74) is 6.56. The molecule has 0 fully saturated rings. The number of nitrogens with one attached hydrogen (secondary N) is 2. The first-order valence-electron chi connectivity index (χ1n) is 6.82. The van der Waals surface area contributed by atoms with Gasteiger partial charge in [0, 0.05) is 29.8 Å². The number of hydrazone groups is 1. The Labute approximate surface area is 116 Å². The minimum Gasteiger partial charge on any atom is -0.339 e. The summed E-state index contributed by atoms with van der Waals surface area (Å²) in [6.45, 7) is 1.06. The third-order valence-corrected chi connectivity index (χ3v) is 3.70. The zero-order valence-electron chi connectivity index (χ0n) is 11.0. The van der Waals surface area contributed by atoms with Crippen LogP contribution < -0.4 is 5.43 Å². The molecule has 2 N–H and O–H groups in total. The molecule has 1 aromatic carbocycles. The smallest absolute Gasteiger partial charge is 0.220 e. The second-order valence-electron chi connectivity index (χ2n) is 4.95. The predicted molar refractivity (Wildman–Crippen MR) is 79.9 cm³/mol. The molecule has 0 atom stereocenters. The summed E-state index contributed by atoms with van der Waals surface area (Å²) >= 11 is 0. The Hall–Kier alpha value is -2.56. The van der Waals surface area contributed by atoms with E-state index in [-0.39, 0.29) is 0 Å². The van der Waals surface area contributed by atoms with Gasteiger partial charge in [0.25, 0.3) is 0 Å². The molecule has 0 bridgehead atoms. The van der Waals surface area contributed by atoms with E-state index in [2.05, 4.69) is 55.4 Å². The first-order chi connectivity index (χ1) is 9.92. The lowest BCUT2D eigenvalue weighted by atomic mass is 10.1. The van der Waals surface area contributed by atoms with Gasteiger partial charge in [-0.25, -0.2) is 10.4 Å². The molecule has 2 aromatic heterocycles. The van der Waals surface area contributed by atoms with Crippen LogP contribution in [0.2, 0.25) is 0 Å². The van der Waals surface area contributed by atoms with Crippen molar-refractivity contribution in [1.82, 2.24) is 14.5 Å². The Kier molecular flexibility index (Phi) is 2.55. The van der Waals surface area contributed by atoms with E-state index in [0.29, 0.717) is 5.95 Å². The van der Waals surface area contributed by atoms with Gasteiger partial charge in [-0.15, -0.1) is 0 Å². The van der Waals surface area contributed by atoms with Gasteiger partial charge in [0.15, 0.2) is 0 Å². The number of aromatic nitrogens is 3. The fraction of sp³-hybridized carbons (Fsp3) is 0.200. The van der Waals surface area contributed by atoms with Crippen LogP contribution in [0.25, 0.3) is 10.9 Å². The summed E-state index contributed by atoms with van der Waals surface area (Å²) in [5.74, 6) is 0.672. The predicted octanol–water partition coefficient (Wildman–Crippen LogP) is 2.97. The third-order valence-electron chi connectivity index (χ3n) is 3.70. The van der Waals surface area contributed by atoms with Crippen LogP contribution >= 0.6 is 0 Å². The number of aryl methyl sites for hydroxylation is 1. The topological polar surface area (TPSA) is 58.0 Å². The van der Waals surface area contributed by atoms with Gasteiger partial charge >= 0.3 is 0 Å². The monoisotopic (exact) mass is 265 g/mol. The molecule has 0 saturated carbocycles. The van der Waals surface area contributed by atoms with Gasteiger partial charge in [-0.05, 0) is 25.0 Å². The van der Waals surface area contributed by atoms with Crippen molar-refractivity contribution >= 4 is 22.6 Å². The van der Waals surface area contributed by atoms with E-state index < -0.39 is 0 Å². The molecule has 0 saturated heterocycles. The fourth-order valence-corrected chi connectivity index (χ4v) is 2.78. The average Bonchev–Trinajstić information content (AvgIpc) is 3.12. The maximum absolute atomic E-state index is 4.51. The summed E-state index contributed by atoms with van der Waals surface area (Å²) < 4.78 is 2.35. The Bertz CT molecular complexity index is 767.